The van der Waals surface area contributed by atoms with Gasteiger partial charge in [-0.25, -0.2) is 9.78 Å². The summed E-state index contributed by atoms with van der Waals surface area (Å²) in [7, 11) is 0. The molecule has 0 aliphatic carbocycles. The van der Waals surface area contributed by atoms with Crippen molar-refractivity contribution < 1.29 is 19.4 Å². The molecular formula is C10H6N2O4. The van der Waals surface area contributed by atoms with Crippen molar-refractivity contribution in [2.75, 3.05) is 6.79 Å². The van der Waals surface area contributed by atoms with Gasteiger partial charge in [-0.1, -0.05) is 0 Å². The number of aromatic nitrogens is 2. The third-order valence-electron chi connectivity index (χ3n) is 2.26. The number of hydrogen-bond donors (Lipinski definition) is 1. The van der Waals surface area contributed by atoms with Gasteiger partial charge in [0.05, 0.1) is 17.2 Å². The standard InChI is InChI=1S/C10H6N2O4/c13-10(14)7-3-11-5-1-8-9(16-4-15-8)2-6(5)12-7/h1-3H,4H2,(H,13,14). The monoisotopic (exact) mass is 218 g/mol. The van der Waals surface area contributed by atoms with Crippen LogP contribution in [0.5, 0.6) is 11.5 Å². The van der Waals surface area contributed by atoms with Crippen molar-refractivity contribution in [1.29, 1.82) is 0 Å². The Balaban J connectivity index is 2.24. The fourth-order valence-corrected chi connectivity index (χ4v) is 1.51. The summed E-state index contributed by atoms with van der Waals surface area (Å²) in [6.45, 7) is 0.164. The smallest absolute Gasteiger partial charge is 0.356 e. The van der Waals surface area contributed by atoms with E-state index < -0.39 is 5.97 Å². The van der Waals surface area contributed by atoms with Gasteiger partial charge in [-0.15, -0.1) is 0 Å². The highest BCUT2D eigenvalue weighted by atomic mass is 16.7. The van der Waals surface area contributed by atoms with E-state index >= 15 is 0 Å². The van der Waals surface area contributed by atoms with Gasteiger partial charge in [-0.2, -0.15) is 0 Å². The average Bonchev–Trinajstić information content (AvgIpc) is 2.71. The van der Waals surface area contributed by atoms with E-state index in [4.69, 9.17) is 14.6 Å². The topological polar surface area (TPSA) is 81.5 Å². The van der Waals surface area contributed by atoms with E-state index in [0.29, 0.717) is 22.5 Å². The summed E-state index contributed by atoms with van der Waals surface area (Å²) in [6.07, 6.45) is 1.22. The molecular weight excluding hydrogens is 212 g/mol. The average molecular weight is 218 g/mol. The molecule has 80 valence electrons. The summed E-state index contributed by atoms with van der Waals surface area (Å²) < 4.78 is 10.3. The third-order valence-corrected chi connectivity index (χ3v) is 2.26. The lowest BCUT2D eigenvalue weighted by Gasteiger charge is -2.00. The lowest BCUT2D eigenvalue weighted by molar-refractivity contribution is 0.0690. The van der Waals surface area contributed by atoms with E-state index in [1.165, 1.54) is 6.20 Å². The molecule has 1 aromatic carbocycles. The van der Waals surface area contributed by atoms with E-state index in [-0.39, 0.29) is 12.5 Å². The quantitative estimate of drug-likeness (QED) is 0.770. The van der Waals surface area contributed by atoms with Crippen LogP contribution in [0.2, 0.25) is 0 Å². The van der Waals surface area contributed by atoms with Gasteiger partial charge in [-0.05, 0) is 0 Å². The summed E-state index contributed by atoms with van der Waals surface area (Å²) >= 11 is 0. The molecule has 1 aliphatic rings. The summed E-state index contributed by atoms with van der Waals surface area (Å²) in [5, 5.41) is 8.78. The highest BCUT2D eigenvalue weighted by Crippen LogP contribution is 2.34. The molecule has 6 heteroatoms. The predicted octanol–water partition coefficient (Wildman–Crippen LogP) is 1.06. The first-order valence-corrected chi connectivity index (χ1v) is 4.54. The molecule has 1 aliphatic heterocycles. The lowest BCUT2D eigenvalue weighted by Crippen LogP contribution is -2.01. The molecule has 0 fully saturated rings. The van der Waals surface area contributed by atoms with Gasteiger partial charge in [0, 0.05) is 12.1 Å². The number of nitrogens with zero attached hydrogens (tertiary/aromatic N) is 2. The Morgan fingerprint density at radius 2 is 1.94 bits per heavy atom. The molecule has 6 nitrogen and oxygen atoms in total. The molecule has 0 spiro atoms. The molecule has 0 bridgehead atoms. The molecule has 2 aromatic rings. The van der Waals surface area contributed by atoms with Crippen molar-refractivity contribution in [2.24, 2.45) is 0 Å². The van der Waals surface area contributed by atoms with Crippen LogP contribution < -0.4 is 9.47 Å². The minimum absolute atomic E-state index is 0.0913. The molecule has 1 N–H and O–H groups in total. The number of carboxylic acid groups (broad SMARTS) is 1. The van der Waals surface area contributed by atoms with E-state index in [2.05, 4.69) is 9.97 Å². The highest BCUT2D eigenvalue weighted by molar-refractivity contribution is 5.88. The highest BCUT2D eigenvalue weighted by Gasteiger charge is 2.16. The van der Waals surface area contributed by atoms with Crippen LogP contribution in [0.4, 0.5) is 0 Å². The number of hydrogen-bond acceptors (Lipinski definition) is 5. The zero-order valence-electron chi connectivity index (χ0n) is 8.01. The minimum Gasteiger partial charge on any atom is -0.476 e. The van der Waals surface area contributed by atoms with Crippen molar-refractivity contribution in [3.63, 3.8) is 0 Å². The summed E-state index contributed by atoms with van der Waals surface area (Å²) in [5.74, 6) is 0.0567. The third kappa shape index (κ3) is 1.23. The first-order valence-electron chi connectivity index (χ1n) is 4.54. The lowest BCUT2D eigenvalue weighted by atomic mass is 10.2. The fourth-order valence-electron chi connectivity index (χ4n) is 1.51. The molecule has 3 rings (SSSR count). The Bertz CT molecular complexity index is 597. The van der Waals surface area contributed by atoms with Gasteiger partial charge in [0.25, 0.3) is 0 Å². The van der Waals surface area contributed by atoms with Crippen molar-refractivity contribution in [3.05, 3.63) is 24.0 Å². The molecule has 0 radical (unpaired) electrons. The summed E-state index contributed by atoms with van der Waals surface area (Å²) in [6, 6.07) is 3.30. The van der Waals surface area contributed by atoms with Crippen molar-refractivity contribution in [2.45, 2.75) is 0 Å². The molecule has 16 heavy (non-hydrogen) atoms. The molecule has 0 saturated carbocycles. The summed E-state index contributed by atoms with van der Waals surface area (Å²) in [5.41, 5.74) is 0.963. The largest absolute Gasteiger partial charge is 0.476 e. The number of ether oxygens (including phenoxy) is 2. The maximum atomic E-state index is 10.7. The fraction of sp³-hybridized carbons (Fsp3) is 0.100. The van der Waals surface area contributed by atoms with E-state index in [1.54, 1.807) is 12.1 Å². The summed E-state index contributed by atoms with van der Waals surface area (Å²) in [4.78, 5) is 18.7. The Morgan fingerprint density at radius 3 is 2.62 bits per heavy atom. The van der Waals surface area contributed by atoms with E-state index in [0.717, 1.165) is 0 Å². The SMILES string of the molecule is O=C(O)c1cnc2cc3c(cc2n1)OCO3. The minimum atomic E-state index is -1.10. The molecule has 2 heterocycles. The molecule has 0 amide bonds. The number of carboxylic acids is 1. The van der Waals surface area contributed by atoms with E-state index in [1.807, 2.05) is 0 Å². The van der Waals surface area contributed by atoms with Crippen LogP contribution in [-0.4, -0.2) is 27.8 Å². The van der Waals surface area contributed by atoms with E-state index in [9.17, 15) is 4.79 Å². The molecule has 1 aromatic heterocycles. The van der Waals surface area contributed by atoms with Crippen LogP contribution in [-0.2, 0) is 0 Å². The maximum absolute atomic E-state index is 10.7. The Hall–Kier alpha value is -2.37. The van der Waals surface area contributed by atoms with Crippen molar-refractivity contribution in [3.8, 4) is 11.5 Å². The van der Waals surface area contributed by atoms with Crippen LogP contribution in [0.15, 0.2) is 18.3 Å². The number of rotatable bonds is 1. The Morgan fingerprint density at radius 1 is 1.25 bits per heavy atom. The zero-order valence-corrected chi connectivity index (χ0v) is 8.01. The normalized spacial score (nSPS) is 13.0. The second kappa shape index (κ2) is 3.06. The van der Waals surface area contributed by atoms with Gasteiger partial charge in [-0.3, -0.25) is 4.98 Å². The van der Waals surface area contributed by atoms with Crippen LogP contribution in [0, 0.1) is 0 Å². The number of carbonyl (C=O) groups is 1. The number of benzene rings is 1. The van der Waals surface area contributed by atoms with Gasteiger partial charge in [0.1, 0.15) is 0 Å². The van der Waals surface area contributed by atoms with Gasteiger partial charge < -0.3 is 14.6 Å². The maximum Gasteiger partial charge on any atom is 0.356 e. The van der Waals surface area contributed by atoms with Gasteiger partial charge >= 0.3 is 5.97 Å². The van der Waals surface area contributed by atoms with Gasteiger partial charge in [0.15, 0.2) is 17.2 Å². The second-order valence-corrected chi connectivity index (χ2v) is 3.25. The van der Waals surface area contributed by atoms with Crippen LogP contribution in [0.3, 0.4) is 0 Å². The van der Waals surface area contributed by atoms with Gasteiger partial charge in [0.2, 0.25) is 6.79 Å². The Kier molecular flexibility index (Phi) is 1.70. The van der Waals surface area contributed by atoms with Crippen LogP contribution in [0.1, 0.15) is 10.5 Å². The number of fused-ring (bicyclic) bond motifs is 2. The first-order chi connectivity index (χ1) is 7.74. The van der Waals surface area contributed by atoms with Crippen LogP contribution >= 0.6 is 0 Å². The first kappa shape index (κ1) is 8.90. The number of aromatic carboxylic acids is 1. The van der Waals surface area contributed by atoms with Crippen molar-refractivity contribution >= 4 is 17.0 Å². The molecule has 0 unspecified atom stereocenters. The predicted molar refractivity (Wildman–Crippen MR) is 52.6 cm³/mol. The Labute approximate surface area is 89.5 Å². The zero-order chi connectivity index (χ0) is 11.1. The molecule has 0 saturated heterocycles. The second-order valence-electron chi connectivity index (χ2n) is 3.25. The molecule has 0 atom stereocenters. The van der Waals surface area contributed by atoms with Crippen LogP contribution in [0.25, 0.3) is 11.0 Å². The van der Waals surface area contributed by atoms with Crippen molar-refractivity contribution in [1.82, 2.24) is 9.97 Å².